The van der Waals surface area contributed by atoms with Crippen LogP contribution in [0.1, 0.15) is 42.4 Å². The van der Waals surface area contributed by atoms with Gasteiger partial charge in [-0.15, -0.1) is 0 Å². The van der Waals surface area contributed by atoms with Crippen LogP contribution < -0.4 is 0 Å². The second-order valence-electron chi connectivity index (χ2n) is 5.23. The van der Waals surface area contributed by atoms with Crippen molar-refractivity contribution in [2.75, 3.05) is 0 Å². The summed E-state index contributed by atoms with van der Waals surface area (Å²) >= 11 is 0. The smallest absolute Gasteiger partial charge is 0.0655 e. The third-order valence-corrected chi connectivity index (χ3v) is 4.11. The van der Waals surface area contributed by atoms with Gasteiger partial charge in [-0.1, -0.05) is 6.92 Å². The molecule has 1 heterocycles. The van der Waals surface area contributed by atoms with Gasteiger partial charge in [-0.25, -0.2) is 0 Å². The van der Waals surface area contributed by atoms with Crippen LogP contribution in [0.2, 0.25) is 0 Å². The fourth-order valence-electron chi connectivity index (χ4n) is 3.17. The van der Waals surface area contributed by atoms with Crippen molar-refractivity contribution in [3.05, 3.63) is 29.0 Å². The minimum atomic E-state index is 0.573. The highest BCUT2D eigenvalue weighted by Crippen LogP contribution is 2.52. The molecule has 2 atom stereocenters. The van der Waals surface area contributed by atoms with E-state index in [1.807, 2.05) is 6.20 Å². The van der Waals surface area contributed by atoms with Crippen LogP contribution in [0.5, 0.6) is 0 Å². The van der Waals surface area contributed by atoms with Gasteiger partial charge in [0.25, 0.3) is 0 Å². The first kappa shape index (κ1) is 11.3. The molecule has 0 spiro atoms. The third-order valence-electron chi connectivity index (χ3n) is 4.11. The Morgan fingerprint density at radius 1 is 1.56 bits per heavy atom. The number of aromatic nitrogens is 2. The summed E-state index contributed by atoms with van der Waals surface area (Å²) in [4.78, 5) is 0. The van der Waals surface area contributed by atoms with Gasteiger partial charge in [0.05, 0.1) is 17.8 Å². The van der Waals surface area contributed by atoms with E-state index < -0.39 is 0 Å². The topological polar surface area (TPSA) is 52.5 Å². The van der Waals surface area contributed by atoms with E-state index in [4.69, 9.17) is 5.26 Å². The second-order valence-corrected chi connectivity index (χ2v) is 5.23. The standard InChI is InChI=1S/C15H17N3/c1-3-11-13-8-17-18-14(13)6-9(2)15(11)12-7-10(12)4-5-16/h6,8,10,12H,3-4,7H2,1-2H3,(H,17,18). The summed E-state index contributed by atoms with van der Waals surface area (Å²) < 4.78 is 0. The minimum absolute atomic E-state index is 0.573. The molecular weight excluding hydrogens is 222 g/mol. The average Bonchev–Trinajstić information content (AvgIpc) is 2.94. The molecule has 0 bridgehead atoms. The number of nitrogens with one attached hydrogen (secondary N) is 1. The van der Waals surface area contributed by atoms with Crippen LogP contribution in [0, 0.1) is 24.2 Å². The first-order valence-electron chi connectivity index (χ1n) is 6.58. The monoisotopic (exact) mass is 239 g/mol. The number of aryl methyl sites for hydroxylation is 2. The number of aromatic amines is 1. The maximum atomic E-state index is 8.81. The molecule has 0 aliphatic heterocycles. The van der Waals surface area contributed by atoms with E-state index >= 15 is 0 Å². The van der Waals surface area contributed by atoms with Crippen molar-refractivity contribution in [3.63, 3.8) is 0 Å². The van der Waals surface area contributed by atoms with Gasteiger partial charge >= 0.3 is 0 Å². The lowest BCUT2D eigenvalue weighted by molar-refractivity contribution is 0.820. The molecule has 1 fully saturated rings. The zero-order chi connectivity index (χ0) is 12.7. The molecule has 1 aliphatic rings. The van der Waals surface area contributed by atoms with E-state index in [9.17, 15) is 0 Å². The molecular formula is C15H17N3. The molecule has 0 amide bonds. The second kappa shape index (κ2) is 4.13. The SMILES string of the molecule is CCc1c(C2CC2CC#N)c(C)cc2[nH]ncc12. The van der Waals surface area contributed by atoms with Crippen molar-refractivity contribution in [1.82, 2.24) is 10.2 Å². The largest absolute Gasteiger partial charge is 0.278 e. The number of nitriles is 1. The Balaban J connectivity index is 2.11. The number of H-pyrrole nitrogens is 1. The summed E-state index contributed by atoms with van der Waals surface area (Å²) in [5.41, 5.74) is 5.37. The van der Waals surface area contributed by atoms with Crippen LogP contribution in [0.4, 0.5) is 0 Å². The van der Waals surface area contributed by atoms with Crippen LogP contribution in [0.15, 0.2) is 12.3 Å². The van der Waals surface area contributed by atoms with Crippen LogP contribution in [-0.2, 0) is 6.42 Å². The zero-order valence-corrected chi connectivity index (χ0v) is 10.8. The maximum Gasteiger partial charge on any atom is 0.0655 e. The van der Waals surface area contributed by atoms with Gasteiger partial charge in [0, 0.05) is 11.8 Å². The maximum absolute atomic E-state index is 8.81. The Bertz CT molecular complexity index is 633. The van der Waals surface area contributed by atoms with E-state index in [0.29, 0.717) is 18.3 Å². The van der Waals surface area contributed by atoms with Crippen molar-refractivity contribution < 1.29 is 0 Å². The van der Waals surface area contributed by atoms with Gasteiger partial charge in [-0.2, -0.15) is 10.4 Å². The summed E-state index contributed by atoms with van der Waals surface area (Å²) in [7, 11) is 0. The predicted octanol–water partition coefficient (Wildman–Crippen LogP) is 3.45. The van der Waals surface area contributed by atoms with Crippen LogP contribution in [0.25, 0.3) is 10.9 Å². The highest BCUT2D eigenvalue weighted by molar-refractivity contribution is 5.84. The van der Waals surface area contributed by atoms with Gasteiger partial charge in [-0.05, 0) is 54.4 Å². The van der Waals surface area contributed by atoms with Gasteiger partial charge in [0.2, 0.25) is 0 Å². The number of hydrogen-bond acceptors (Lipinski definition) is 2. The molecule has 18 heavy (non-hydrogen) atoms. The lowest BCUT2D eigenvalue weighted by atomic mass is 9.92. The van der Waals surface area contributed by atoms with E-state index in [1.165, 1.54) is 28.5 Å². The molecule has 1 aromatic carbocycles. The fraction of sp³-hybridized carbons (Fsp3) is 0.467. The van der Waals surface area contributed by atoms with Crippen molar-refractivity contribution in [1.29, 1.82) is 5.26 Å². The fourth-order valence-corrected chi connectivity index (χ4v) is 3.17. The quantitative estimate of drug-likeness (QED) is 0.891. The van der Waals surface area contributed by atoms with Gasteiger partial charge in [0.1, 0.15) is 0 Å². The number of rotatable bonds is 3. The van der Waals surface area contributed by atoms with E-state index in [1.54, 1.807) is 0 Å². The Morgan fingerprint density at radius 3 is 3.11 bits per heavy atom. The normalized spacial score (nSPS) is 22.1. The molecule has 3 nitrogen and oxygen atoms in total. The third kappa shape index (κ3) is 1.60. The molecule has 2 unspecified atom stereocenters. The number of fused-ring (bicyclic) bond motifs is 1. The Morgan fingerprint density at radius 2 is 2.39 bits per heavy atom. The number of hydrogen-bond donors (Lipinski definition) is 1. The van der Waals surface area contributed by atoms with Gasteiger partial charge in [0.15, 0.2) is 0 Å². The highest BCUT2D eigenvalue weighted by atomic mass is 15.1. The summed E-state index contributed by atoms with van der Waals surface area (Å²) in [6, 6.07) is 4.49. The number of nitrogens with zero attached hydrogens (tertiary/aromatic N) is 2. The Labute approximate surface area is 107 Å². The number of benzene rings is 1. The highest BCUT2D eigenvalue weighted by Gasteiger charge is 2.40. The molecule has 3 rings (SSSR count). The first-order chi connectivity index (χ1) is 8.76. The van der Waals surface area contributed by atoms with E-state index in [2.05, 4.69) is 36.2 Å². The van der Waals surface area contributed by atoms with Crippen LogP contribution in [0.3, 0.4) is 0 Å². The molecule has 1 aliphatic carbocycles. The van der Waals surface area contributed by atoms with Crippen molar-refractivity contribution in [2.24, 2.45) is 5.92 Å². The Kier molecular flexibility index (Phi) is 2.59. The molecule has 3 heteroatoms. The lowest BCUT2D eigenvalue weighted by Gasteiger charge is -2.12. The molecule has 92 valence electrons. The zero-order valence-electron chi connectivity index (χ0n) is 10.8. The average molecular weight is 239 g/mol. The van der Waals surface area contributed by atoms with Crippen LogP contribution in [-0.4, -0.2) is 10.2 Å². The Hall–Kier alpha value is -1.82. The summed E-state index contributed by atoms with van der Waals surface area (Å²) in [5, 5.41) is 17.3. The molecule has 1 aromatic heterocycles. The molecule has 2 aromatic rings. The van der Waals surface area contributed by atoms with Crippen molar-refractivity contribution >= 4 is 10.9 Å². The minimum Gasteiger partial charge on any atom is -0.278 e. The molecule has 1 saturated carbocycles. The predicted molar refractivity (Wildman–Crippen MR) is 71.3 cm³/mol. The van der Waals surface area contributed by atoms with Crippen molar-refractivity contribution in [2.45, 2.75) is 39.0 Å². The van der Waals surface area contributed by atoms with Gasteiger partial charge in [-0.3, -0.25) is 5.10 Å². The first-order valence-corrected chi connectivity index (χ1v) is 6.58. The molecule has 0 radical (unpaired) electrons. The lowest BCUT2D eigenvalue weighted by Crippen LogP contribution is -1.97. The van der Waals surface area contributed by atoms with Crippen molar-refractivity contribution in [3.8, 4) is 6.07 Å². The molecule has 0 saturated heterocycles. The van der Waals surface area contributed by atoms with Gasteiger partial charge < -0.3 is 0 Å². The summed E-state index contributed by atoms with van der Waals surface area (Å²) in [5.74, 6) is 1.17. The van der Waals surface area contributed by atoms with E-state index in [0.717, 1.165) is 11.9 Å². The molecule has 1 N–H and O–H groups in total. The van der Waals surface area contributed by atoms with E-state index in [-0.39, 0.29) is 0 Å². The summed E-state index contributed by atoms with van der Waals surface area (Å²) in [6.45, 7) is 4.38. The summed E-state index contributed by atoms with van der Waals surface area (Å²) in [6.07, 6.45) is 4.82. The van der Waals surface area contributed by atoms with Crippen LogP contribution >= 0.6 is 0 Å².